The Balaban J connectivity index is 2.54. The fourth-order valence-electron chi connectivity index (χ4n) is 1.16. The zero-order chi connectivity index (χ0) is 9.97. The summed E-state index contributed by atoms with van der Waals surface area (Å²) in [5, 5.41) is 0.186. The lowest BCUT2D eigenvalue weighted by Gasteiger charge is -1.99. The van der Waals surface area contributed by atoms with Gasteiger partial charge in [0.15, 0.2) is 0 Å². The van der Waals surface area contributed by atoms with E-state index in [9.17, 15) is 4.79 Å². The molecule has 2 aromatic rings. The molecule has 0 aliphatic rings. The van der Waals surface area contributed by atoms with Crippen LogP contribution >= 0.6 is 11.6 Å². The molecule has 0 saturated carbocycles. The number of halogens is 1. The highest BCUT2D eigenvalue weighted by Gasteiger charge is 2.00. The maximum absolute atomic E-state index is 11.0. The number of H-pyrrole nitrogens is 1. The van der Waals surface area contributed by atoms with Crippen LogP contribution in [0.5, 0.6) is 0 Å². The summed E-state index contributed by atoms with van der Waals surface area (Å²) in [5.74, 6) is 0. The van der Waals surface area contributed by atoms with E-state index in [1.165, 1.54) is 0 Å². The summed E-state index contributed by atoms with van der Waals surface area (Å²) in [6, 6.07) is 5.35. The van der Waals surface area contributed by atoms with Crippen LogP contribution in [0, 0.1) is 0 Å². The van der Waals surface area contributed by atoms with Gasteiger partial charge in [0.05, 0.1) is 0 Å². The Hall–Kier alpha value is -1.61. The number of hydrogen-bond acceptors (Lipinski definition) is 2. The van der Waals surface area contributed by atoms with Crippen LogP contribution in [0.15, 0.2) is 41.6 Å². The van der Waals surface area contributed by atoms with Gasteiger partial charge in [0, 0.05) is 29.7 Å². The summed E-state index contributed by atoms with van der Waals surface area (Å²) in [4.78, 5) is 17.5. The minimum absolute atomic E-state index is 0.186. The fraction of sp³-hybridized carbons (Fsp3) is 0. The predicted molar refractivity (Wildman–Crippen MR) is 55.3 cm³/mol. The van der Waals surface area contributed by atoms with Gasteiger partial charge in [-0.15, -0.1) is 0 Å². The number of hydrogen-bond donors (Lipinski definition) is 1. The Labute approximate surface area is 85.4 Å². The number of aromatic nitrogens is 2. The van der Waals surface area contributed by atoms with Crippen LogP contribution in [0.25, 0.3) is 11.1 Å². The maximum Gasteiger partial charge on any atom is 0.266 e. The molecule has 70 valence electrons. The van der Waals surface area contributed by atoms with Crippen molar-refractivity contribution in [2.75, 3.05) is 0 Å². The first-order valence-corrected chi connectivity index (χ1v) is 4.44. The van der Waals surface area contributed by atoms with Crippen LogP contribution in [-0.4, -0.2) is 9.97 Å². The zero-order valence-electron chi connectivity index (χ0n) is 7.20. The van der Waals surface area contributed by atoms with Crippen molar-refractivity contribution in [1.29, 1.82) is 0 Å². The van der Waals surface area contributed by atoms with Gasteiger partial charge in [0.1, 0.15) is 5.02 Å². The van der Waals surface area contributed by atoms with Crippen molar-refractivity contribution in [1.82, 2.24) is 9.97 Å². The van der Waals surface area contributed by atoms with Crippen LogP contribution in [0.3, 0.4) is 0 Å². The van der Waals surface area contributed by atoms with Gasteiger partial charge in [-0.2, -0.15) is 0 Å². The monoisotopic (exact) mass is 206 g/mol. The smallest absolute Gasteiger partial charge is 0.266 e. The molecule has 0 amide bonds. The highest BCUT2D eigenvalue weighted by Crippen LogP contribution is 2.17. The lowest BCUT2D eigenvalue weighted by atomic mass is 10.1. The maximum atomic E-state index is 11.0. The minimum atomic E-state index is -0.278. The Morgan fingerprint density at radius 2 is 2.21 bits per heavy atom. The first-order valence-electron chi connectivity index (χ1n) is 4.06. The first kappa shape index (κ1) is 8.97. The van der Waals surface area contributed by atoms with E-state index in [1.807, 2.05) is 12.1 Å². The molecule has 0 atom stereocenters. The van der Waals surface area contributed by atoms with E-state index in [4.69, 9.17) is 11.6 Å². The molecule has 0 spiro atoms. The van der Waals surface area contributed by atoms with Crippen LogP contribution in [0.2, 0.25) is 5.02 Å². The highest BCUT2D eigenvalue weighted by atomic mass is 35.5. The molecule has 2 aromatic heterocycles. The topological polar surface area (TPSA) is 45.8 Å². The van der Waals surface area contributed by atoms with Gasteiger partial charge in [-0.05, 0) is 12.1 Å². The van der Waals surface area contributed by atoms with E-state index < -0.39 is 0 Å². The van der Waals surface area contributed by atoms with Crippen LogP contribution < -0.4 is 5.56 Å². The molecule has 0 aliphatic heterocycles. The molecule has 0 bridgehead atoms. The van der Waals surface area contributed by atoms with E-state index in [1.54, 1.807) is 24.7 Å². The molecule has 0 aliphatic carbocycles. The third-order valence-corrected chi connectivity index (χ3v) is 2.13. The summed E-state index contributed by atoms with van der Waals surface area (Å²) < 4.78 is 0. The van der Waals surface area contributed by atoms with E-state index in [0.717, 1.165) is 11.1 Å². The summed E-state index contributed by atoms with van der Waals surface area (Å²) in [7, 11) is 0. The summed E-state index contributed by atoms with van der Waals surface area (Å²) in [5.41, 5.74) is 1.49. The lowest BCUT2D eigenvalue weighted by molar-refractivity contribution is 1.23. The summed E-state index contributed by atoms with van der Waals surface area (Å²) >= 11 is 5.70. The average molecular weight is 207 g/mol. The van der Waals surface area contributed by atoms with Crippen molar-refractivity contribution >= 4 is 11.6 Å². The Bertz CT molecular complexity index is 493. The highest BCUT2D eigenvalue weighted by molar-refractivity contribution is 6.30. The van der Waals surface area contributed by atoms with Gasteiger partial charge >= 0.3 is 0 Å². The molecule has 0 radical (unpaired) electrons. The van der Waals surface area contributed by atoms with Crippen LogP contribution in [-0.2, 0) is 0 Å². The van der Waals surface area contributed by atoms with Crippen molar-refractivity contribution in [3.63, 3.8) is 0 Å². The molecule has 1 N–H and O–H groups in total. The van der Waals surface area contributed by atoms with Gasteiger partial charge in [0.2, 0.25) is 0 Å². The second-order valence-corrected chi connectivity index (χ2v) is 3.21. The zero-order valence-corrected chi connectivity index (χ0v) is 7.95. The third kappa shape index (κ3) is 1.67. The predicted octanol–water partition coefficient (Wildman–Crippen LogP) is 2.09. The molecule has 0 unspecified atom stereocenters. The Morgan fingerprint density at radius 1 is 1.36 bits per heavy atom. The summed E-state index contributed by atoms with van der Waals surface area (Å²) in [6.45, 7) is 0. The minimum Gasteiger partial charge on any atom is -0.327 e. The third-order valence-electron chi connectivity index (χ3n) is 1.85. The van der Waals surface area contributed by atoms with Gasteiger partial charge in [0.25, 0.3) is 5.56 Å². The largest absolute Gasteiger partial charge is 0.327 e. The molecular formula is C10H7ClN2O. The van der Waals surface area contributed by atoms with Crippen molar-refractivity contribution in [2.45, 2.75) is 0 Å². The van der Waals surface area contributed by atoms with E-state index in [-0.39, 0.29) is 10.6 Å². The molecular weight excluding hydrogens is 200 g/mol. The lowest BCUT2D eigenvalue weighted by Crippen LogP contribution is -2.04. The second-order valence-electron chi connectivity index (χ2n) is 2.81. The average Bonchev–Trinajstić information content (AvgIpc) is 2.23. The summed E-state index contributed by atoms with van der Waals surface area (Å²) in [6.07, 6.45) is 5.02. The number of nitrogens with zero attached hydrogens (tertiary/aromatic N) is 1. The fourth-order valence-corrected chi connectivity index (χ4v) is 1.33. The Morgan fingerprint density at radius 3 is 2.86 bits per heavy atom. The SMILES string of the molecule is O=c1[nH]cc(-c2cccnc2)cc1Cl. The van der Waals surface area contributed by atoms with Gasteiger partial charge < -0.3 is 4.98 Å². The molecule has 2 rings (SSSR count). The van der Waals surface area contributed by atoms with Crippen molar-refractivity contribution in [3.8, 4) is 11.1 Å². The van der Waals surface area contributed by atoms with E-state index in [2.05, 4.69) is 9.97 Å². The van der Waals surface area contributed by atoms with E-state index >= 15 is 0 Å². The first-order chi connectivity index (χ1) is 6.77. The van der Waals surface area contributed by atoms with Gasteiger partial charge in [-0.1, -0.05) is 17.7 Å². The number of aromatic amines is 1. The Kier molecular flexibility index (Phi) is 2.33. The molecule has 14 heavy (non-hydrogen) atoms. The molecule has 4 heteroatoms. The molecule has 0 aromatic carbocycles. The normalized spacial score (nSPS) is 10.1. The second kappa shape index (κ2) is 3.64. The van der Waals surface area contributed by atoms with Gasteiger partial charge in [-0.3, -0.25) is 9.78 Å². The van der Waals surface area contributed by atoms with Crippen LogP contribution in [0.1, 0.15) is 0 Å². The molecule has 3 nitrogen and oxygen atoms in total. The number of rotatable bonds is 1. The molecule has 0 fully saturated rings. The van der Waals surface area contributed by atoms with Crippen molar-refractivity contribution < 1.29 is 0 Å². The van der Waals surface area contributed by atoms with E-state index in [0.29, 0.717) is 0 Å². The standard InChI is InChI=1S/C10H7ClN2O/c11-9-4-8(6-13-10(9)14)7-2-1-3-12-5-7/h1-6H,(H,13,14). The van der Waals surface area contributed by atoms with Crippen LogP contribution in [0.4, 0.5) is 0 Å². The van der Waals surface area contributed by atoms with Gasteiger partial charge in [-0.25, -0.2) is 0 Å². The van der Waals surface area contributed by atoms with Crippen molar-refractivity contribution in [3.05, 3.63) is 52.2 Å². The number of nitrogens with one attached hydrogen (secondary N) is 1. The number of pyridine rings is 2. The molecule has 0 saturated heterocycles. The molecule has 2 heterocycles. The van der Waals surface area contributed by atoms with Crippen molar-refractivity contribution in [2.24, 2.45) is 0 Å². The quantitative estimate of drug-likeness (QED) is 0.777.